The molecule has 3 N–H and O–H groups in total. The Morgan fingerprint density at radius 3 is 2.20 bits per heavy atom. The molecular formula is C25H30N2O8. The minimum atomic E-state index is -1.23. The van der Waals surface area contributed by atoms with Gasteiger partial charge in [-0.15, -0.1) is 0 Å². The molecule has 0 fully saturated rings. The lowest BCUT2D eigenvalue weighted by molar-refractivity contribution is -0.157. The van der Waals surface area contributed by atoms with Gasteiger partial charge in [0, 0.05) is 6.42 Å². The number of hydrogen-bond acceptors (Lipinski definition) is 7. The molecular weight excluding hydrogens is 456 g/mol. The molecule has 0 aliphatic rings. The molecule has 0 spiro atoms. The summed E-state index contributed by atoms with van der Waals surface area (Å²) >= 11 is 0. The van der Waals surface area contributed by atoms with E-state index in [-0.39, 0.29) is 19.6 Å². The zero-order valence-electron chi connectivity index (χ0n) is 19.9. The Balaban J connectivity index is 1.78. The lowest BCUT2D eigenvalue weighted by Gasteiger charge is -2.19. The van der Waals surface area contributed by atoms with E-state index in [9.17, 15) is 24.3 Å². The number of alkyl carbamates (subject to hydrolysis) is 1. The van der Waals surface area contributed by atoms with Crippen LogP contribution in [0.5, 0.6) is 5.75 Å². The number of benzene rings is 2. The first-order valence-electron chi connectivity index (χ1n) is 10.9. The van der Waals surface area contributed by atoms with E-state index in [0.29, 0.717) is 11.3 Å². The van der Waals surface area contributed by atoms with Gasteiger partial charge >= 0.3 is 18.0 Å². The molecule has 10 nitrogen and oxygen atoms in total. The van der Waals surface area contributed by atoms with Crippen molar-refractivity contribution in [3.8, 4) is 5.75 Å². The van der Waals surface area contributed by atoms with E-state index < -0.39 is 42.1 Å². The van der Waals surface area contributed by atoms with E-state index in [0.717, 1.165) is 5.56 Å². The van der Waals surface area contributed by atoms with E-state index in [1.165, 1.54) is 0 Å². The van der Waals surface area contributed by atoms with Crippen molar-refractivity contribution in [2.75, 3.05) is 13.2 Å². The van der Waals surface area contributed by atoms with Gasteiger partial charge in [0.1, 0.15) is 30.5 Å². The Kier molecular flexibility index (Phi) is 10.1. The molecule has 0 heterocycles. The van der Waals surface area contributed by atoms with Gasteiger partial charge in [0.15, 0.2) is 6.61 Å². The zero-order valence-corrected chi connectivity index (χ0v) is 19.9. The normalized spacial score (nSPS) is 11.6. The third-order valence-corrected chi connectivity index (χ3v) is 4.38. The third kappa shape index (κ3) is 11.1. The largest absolute Gasteiger partial charge is 0.482 e. The lowest BCUT2D eigenvalue weighted by atomic mass is 10.1. The third-order valence-electron chi connectivity index (χ3n) is 4.38. The van der Waals surface area contributed by atoms with E-state index in [1.54, 1.807) is 69.3 Å². The van der Waals surface area contributed by atoms with Crippen LogP contribution in [0.2, 0.25) is 0 Å². The van der Waals surface area contributed by atoms with Crippen LogP contribution >= 0.6 is 0 Å². The van der Waals surface area contributed by atoms with Crippen molar-refractivity contribution in [3.05, 3.63) is 65.7 Å². The number of nitrogens with one attached hydrogen (secondary N) is 2. The molecule has 0 saturated heterocycles. The van der Waals surface area contributed by atoms with E-state index in [4.69, 9.17) is 14.2 Å². The number of carbonyl (C=O) groups excluding carboxylic acids is 3. The van der Waals surface area contributed by atoms with Crippen LogP contribution in [0.15, 0.2) is 54.6 Å². The topological polar surface area (TPSA) is 140 Å². The molecule has 0 unspecified atom stereocenters. The second-order valence-corrected chi connectivity index (χ2v) is 8.60. The summed E-state index contributed by atoms with van der Waals surface area (Å²) in [4.78, 5) is 47.2. The molecule has 0 aliphatic heterocycles. The minimum Gasteiger partial charge on any atom is -0.482 e. The van der Waals surface area contributed by atoms with Crippen LogP contribution in [0, 0.1) is 0 Å². The summed E-state index contributed by atoms with van der Waals surface area (Å²) in [6.07, 6.45) is -0.788. The van der Waals surface area contributed by atoms with Gasteiger partial charge in [0.05, 0.1) is 0 Å². The van der Waals surface area contributed by atoms with Crippen LogP contribution in [-0.4, -0.2) is 53.8 Å². The standard InChI is InChI=1S/C25H30N2O8/c1-25(2,3)35-22(29)16-33-19-11-9-17(10-12-19)13-20(23(30)31)27-21(28)14-26-24(32)34-15-18-7-5-4-6-8-18/h4-12,20H,13-16H2,1-3H3,(H,26,32)(H,27,28)(H,30,31)/t20-/m0/s1. The first-order chi connectivity index (χ1) is 16.5. The summed E-state index contributed by atoms with van der Waals surface area (Å²) in [6.45, 7) is 4.62. The number of ether oxygens (including phenoxy) is 3. The number of carboxylic acids is 1. The molecule has 2 aromatic carbocycles. The van der Waals surface area contributed by atoms with E-state index >= 15 is 0 Å². The first-order valence-corrected chi connectivity index (χ1v) is 10.9. The van der Waals surface area contributed by atoms with Crippen LogP contribution in [0.3, 0.4) is 0 Å². The second kappa shape index (κ2) is 13.0. The Morgan fingerprint density at radius 2 is 1.60 bits per heavy atom. The number of amides is 2. The van der Waals surface area contributed by atoms with Gasteiger partial charge in [-0.1, -0.05) is 42.5 Å². The summed E-state index contributed by atoms with van der Waals surface area (Å²) < 4.78 is 15.5. The zero-order chi connectivity index (χ0) is 25.8. The van der Waals surface area contributed by atoms with E-state index in [1.807, 2.05) is 6.07 Å². The predicted molar refractivity (Wildman–Crippen MR) is 126 cm³/mol. The summed E-state index contributed by atoms with van der Waals surface area (Å²) in [5.74, 6) is -2.00. The Labute approximate surface area is 203 Å². The van der Waals surface area contributed by atoms with Crippen LogP contribution in [0.4, 0.5) is 4.79 Å². The number of carboxylic acid groups (broad SMARTS) is 1. The fourth-order valence-electron chi connectivity index (χ4n) is 2.84. The van der Waals surface area contributed by atoms with Gasteiger partial charge < -0.3 is 30.0 Å². The molecule has 1 atom stereocenters. The average Bonchev–Trinajstić information content (AvgIpc) is 2.80. The van der Waals surface area contributed by atoms with Crippen molar-refractivity contribution in [2.45, 2.75) is 45.4 Å². The first kappa shape index (κ1) is 27.2. The quantitative estimate of drug-likeness (QED) is 0.412. The fourth-order valence-corrected chi connectivity index (χ4v) is 2.84. The Hall–Kier alpha value is -4.08. The molecule has 10 heteroatoms. The fraction of sp³-hybridized carbons (Fsp3) is 0.360. The van der Waals surface area contributed by atoms with Gasteiger partial charge in [-0.3, -0.25) is 4.79 Å². The number of carbonyl (C=O) groups is 4. The minimum absolute atomic E-state index is 0.00583. The van der Waals surface area contributed by atoms with Crippen molar-refractivity contribution >= 4 is 23.9 Å². The van der Waals surface area contributed by atoms with Gasteiger partial charge in [0.25, 0.3) is 0 Å². The number of hydrogen-bond donors (Lipinski definition) is 3. The Morgan fingerprint density at radius 1 is 0.943 bits per heavy atom. The van der Waals surface area contributed by atoms with Gasteiger partial charge in [-0.2, -0.15) is 0 Å². The monoisotopic (exact) mass is 486 g/mol. The molecule has 2 rings (SSSR count). The van der Waals surface area contributed by atoms with E-state index in [2.05, 4.69) is 10.6 Å². The van der Waals surface area contributed by atoms with Crippen molar-refractivity contribution < 1.29 is 38.5 Å². The molecule has 0 aliphatic carbocycles. The molecule has 35 heavy (non-hydrogen) atoms. The molecule has 0 aromatic heterocycles. The number of rotatable bonds is 11. The van der Waals surface area contributed by atoms with Crippen LogP contribution in [0.25, 0.3) is 0 Å². The SMILES string of the molecule is CC(C)(C)OC(=O)COc1ccc(C[C@H](NC(=O)CNC(=O)OCc2ccccc2)C(=O)O)cc1. The van der Waals surface area contributed by atoms with Gasteiger partial charge in [-0.05, 0) is 44.0 Å². The smallest absolute Gasteiger partial charge is 0.407 e. The summed E-state index contributed by atoms with van der Waals surface area (Å²) in [5.41, 5.74) is 0.801. The highest BCUT2D eigenvalue weighted by Crippen LogP contribution is 2.15. The van der Waals surface area contributed by atoms with Crippen LogP contribution in [0.1, 0.15) is 31.9 Å². The maximum Gasteiger partial charge on any atom is 0.407 e. The lowest BCUT2D eigenvalue weighted by Crippen LogP contribution is -2.46. The highest BCUT2D eigenvalue weighted by Gasteiger charge is 2.21. The average molecular weight is 487 g/mol. The van der Waals surface area contributed by atoms with Crippen LogP contribution in [-0.2, 0) is 36.9 Å². The summed E-state index contributed by atoms with van der Waals surface area (Å²) in [7, 11) is 0. The highest BCUT2D eigenvalue weighted by atomic mass is 16.6. The maximum absolute atomic E-state index is 12.1. The van der Waals surface area contributed by atoms with Crippen molar-refractivity contribution in [2.24, 2.45) is 0 Å². The van der Waals surface area contributed by atoms with Crippen molar-refractivity contribution in [1.29, 1.82) is 0 Å². The molecule has 0 radical (unpaired) electrons. The second-order valence-electron chi connectivity index (χ2n) is 8.60. The van der Waals surface area contributed by atoms with Gasteiger partial charge in [0.2, 0.25) is 5.91 Å². The molecule has 2 amide bonds. The highest BCUT2D eigenvalue weighted by molar-refractivity contribution is 5.86. The maximum atomic E-state index is 12.1. The van der Waals surface area contributed by atoms with Crippen molar-refractivity contribution in [3.63, 3.8) is 0 Å². The molecule has 0 bridgehead atoms. The van der Waals surface area contributed by atoms with Crippen molar-refractivity contribution in [1.82, 2.24) is 10.6 Å². The number of aliphatic carboxylic acids is 1. The Bertz CT molecular complexity index is 1000. The summed E-state index contributed by atoms with van der Waals surface area (Å²) in [6, 6.07) is 14.3. The summed E-state index contributed by atoms with van der Waals surface area (Å²) in [5, 5.41) is 14.1. The van der Waals surface area contributed by atoms with Crippen LogP contribution < -0.4 is 15.4 Å². The molecule has 0 saturated carbocycles. The number of esters is 1. The van der Waals surface area contributed by atoms with Gasteiger partial charge in [-0.25, -0.2) is 14.4 Å². The predicted octanol–water partition coefficient (Wildman–Crippen LogP) is 2.45. The molecule has 2 aromatic rings. The molecule has 188 valence electrons.